The molecule has 24 heavy (non-hydrogen) atoms. The molecule has 0 fully saturated rings. The van der Waals surface area contributed by atoms with Crippen LogP contribution < -0.4 is 16.8 Å². The van der Waals surface area contributed by atoms with E-state index in [1.807, 2.05) is 19.9 Å². The van der Waals surface area contributed by atoms with E-state index in [9.17, 15) is 9.59 Å². The number of hydrogen-bond acceptors (Lipinski definition) is 8. The van der Waals surface area contributed by atoms with Gasteiger partial charge in [-0.3, -0.25) is 9.59 Å². The zero-order chi connectivity index (χ0) is 17.7. The Bertz CT molecular complexity index is 758. The van der Waals surface area contributed by atoms with Crippen molar-refractivity contribution in [2.24, 2.45) is 0 Å². The first-order valence-electron chi connectivity index (χ1n) is 7.12. The molecule has 0 aliphatic heterocycles. The average Bonchev–Trinajstić information content (AvgIpc) is 2.52. The lowest BCUT2D eigenvalue weighted by Gasteiger charge is -2.08. The molecule has 2 rings (SSSR count). The second-order valence-electron chi connectivity index (χ2n) is 5.11. The Kier molecular flexibility index (Phi) is 5.25. The molecule has 1 heterocycles. The summed E-state index contributed by atoms with van der Waals surface area (Å²) >= 11 is 0. The van der Waals surface area contributed by atoms with Crippen molar-refractivity contribution in [1.29, 1.82) is 0 Å². The van der Waals surface area contributed by atoms with Gasteiger partial charge in [0.15, 0.2) is 12.4 Å². The molecule has 1 aromatic carbocycles. The first kappa shape index (κ1) is 17.1. The maximum atomic E-state index is 12.0. The van der Waals surface area contributed by atoms with E-state index >= 15 is 0 Å². The summed E-state index contributed by atoms with van der Waals surface area (Å²) < 4.78 is 4.95. The highest BCUT2D eigenvalue weighted by molar-refractivity contribution is 5.96. The normalized spacial score (nSPS) is 10.2. The second kappa shape index (κ2) is 7.36. The summed E-state index contributed by atoms with van der Waals surface area (Å²) in [4.78, 5) is 34.8. The number of nitrogen functional groups attached to an aromatic ring is 2. The van der Waals surface area contributed by atoms with Crippen LogP contribution in [0.1, 0.15) is 27.3 Å². The summed E-state index contributed by atoms with van der Waals surface area (Å²) in [6, 6.07) is 5.30. The largest absolute Gasteiger partial charge is 0.456 e. The number of hydrogen-bond donors (Lipinski definition) is 3. The van der Waals surface area contributed by atoms with Crippen molar-refractivity contribution in [3.05, 3.63) is 40.7 Å². The number of ether oxygens (including phenoxy) is 1. The number of amides is 1. The van der Waals surface area contributed by atoms with Crippen molar-refractivity contribution in [3.63, 3.8) is 0 Å². The third-order valence-corrected chi connectivity index (χ3v) is 3.24. The van der Waals surface area contributed by atoms with Gasteiger partial charge in [-0.25, -0.2) is 0 Å². The molecule has 9 nitrogen and oxygen atoms in total. The smallest absolute Gasteiger partial charge is 0.325 e. The van der Waals surface area contributed by atoms with Crippen molar-refractivity contribution in [2.45, 2.75) is 20.5 Å². The lowest BCUT2D eigenvalue weighted by Crippen LogP contribution is -2.30. The van der Waals surface area contributed by atoms with Gasteiger partial charge in [-0.1, -0.05) is 6.07 Å². The van der Waals surface area contributed by atoms with Gasteiger partial charge in [0.1, 0.15) is 6.54 Å². The molecule has 1 aromatic heterocycles. The summed E-state index contributed by atoms with van der Waals surface area (Å²) in [5.41, 5.74) is 13.4. The van der Waals surface area contributed by atoms with Gasteiger partial charge >= 0.3 is 5.97 Å². The standard InChI is InChI=1S/C15H18N6O3/c1-8-3-4-10(5-9(8)2)13(23)18-6-12(22)24-7-11-19-14(16)21-15(17)20-11/h3-5H,6-7H2,1-2H3,(H,18,23)(H4,16,17,19,20,21). The van der Waals surface area contributed by atoms with Crippen molar-refractivity contribution in [3.8, 4) is 0 Å². The van der Waals surface area contributed by atoms with E-state index in [0.29, 0.717) is 5.56 Å². The number of esters is 1. The molecule has 9 heteroatoms. The molecule has 0 saturated carbocycles. The Hall–Kier alpha value is -3.23. The number of aryl methyl sites for hydroxylation is 2. The van der Waals surface area contributed by atoms with E-state index < -0.39 is 5.97 Å². The first-order valence-corrected chi connectivity index (χ1v) is 7.12. The molecule has 0 unspecified atom stereocenters. The van der Waals surface area contributed by atoms with Gasteiger partial charge in [0, 0.05) is 5.56 Å². The highest BCUT2D eigenvalue weighted by atomic mass is 16.5. The van der Waals surface area contributed by atoms with Gasteiger partial charge in [-0.2, -0.15) is 15.0 Å². The van der Waals surface area contributed by atoms with Gasteiger partial charge < -0.3 is 21.5 Å². The molecule has 0 aliphatic carbocycles. The van der Waals surface area contributed by atoms with E-state index in [2.05, 4.69) is 20.3 Å². The average molecular weight is 330 g/mol. The molecular weight excluding hydrogens is 312 g/mol. The Morgan fingerprint density at radius 3 is 2.38 bits per heavy atom. The van der Waals surface area contributed by atoms with E-state index in [4.69, 9.17) is 16.2 Å². The molecule has 0 atom stereocenters. The molecule has 126 valence electrons. The molecule has 5 N–H and O–H groups in total. The van der Waals surface area contributed by atoms with E-state index in [0.717, 1.165) is 11.1 Å². The summed E-state index contributed by atoms with van der Waals surface area (Å²) in [6.45, 7) is 3.37. The molecule has 1 amide bonds. The van der Waals surface area contributed by atoms with Crippen LogP contribution in [-0.2, 0) is 16.1 Å². The fourth-order valence-corrected chi connectivity index (χ4v) is 1.85. The monoisotopic (exact) mass is 330 g/mol. The number of anilines is 2. The minimum atomic E-state index is -0.635. The first-order chi connectivity index (χ1) is 11.3. The minimum absolute atomic E-state index is 0.0587. The van der Waals surface area contributed by atoms with Gasteiger partial charge in [0.05, 0.1) is 0 Å². The summed E-state index contributed by atoms with van der Waals surface area (Å²) in [6.07, 6.45) is 0. The molecule has 0 aliphatic rings. The molecule has 0 saturated heterocycles. The lowest BCUT2D eigenvalue weighted by molar-refractivity contribution is -0.143. The Balaban J connectivity index is 1.84. The number of nitrogens with zero attached hydrogens (tertiary/aromatic N) is 3. The molecule has 0 radical (unpaired) electrons. The molecule has 0 bridgehead atoms. The zero-order valence-corrected chi connectivity index (χ0v) is 13.4. The van der Waals surface area contributed by atoms with Crippen LogP contribution in [0.3, 0.4) is 0 Å². The number of nitrogens with one attached hydrogen (secondary N) is 1. The number of benzene rings is 1. The topological polar surface area (TPSA) is 146 Å². The molecule has 0 spiro atoms. The fourth-order valence-electron chi connectivity index (χ4n) is 1.85. The molecular formula is C15H18N6O3. The van der Waals surface area contributed by atoms with Gasteiger partial charge in [0.2, 0.25) is 11.9 Å². The number of rotatable bonds is 5. The predicted octanol–water partition coefficient (Wildman–Crippen LogP) is 0.126. The summed E-state index contributed by atoms with van der Waals surface area (Å²) in [5.74, 6) is -0.976. The maximum Gasteiger partial charge on any atom is 0.325 e. The number of carbonyl (C=O) groups is 2. The number of nitrogens with two attached hydrogens (primary N) is 2. The second-order valence-corrected chi connectivity index (χ2v) is 5.11. The van der Waals surface area contributed by atoms with Gasteiger partial charge in [-0.05, 0) is 37.1 Å². The van der Waals surface area contributed by atoms with Gasteiger partial charge in [0.25, 0.3) is 5.91 Å². The van der Waals surface area contributed by atoms with E-state index in [1.165, 1.54) is 0 Å². The van der Waals surface area contributed by atoms with Crippen LogP contribution in [0, 0.1) is 13.8 Å². The SMILES string of the molecule is Cc1ccc(C(=O)NCC(=O)OCc2nc(N)nc(N)n2)cc1C. The fraction of sp³-hybridized carbons (Fsp3) is 0.267. The van der Waals surface area contributed by atoms with Crippen LogP contribution in [0.5, 0.6) is 0 Å². The van der Waals surface area contributed by atoms with E-state index in [-0.39, 0.29) is 36.8 Å². The van der Waals surface area contributed by atoms with E-state index in [1.54, 1.807) is 12.1 Å². The minimum Gasteiger partial charge on any atom is -0.456 e. The predicted molar refractivity (Wildman–Crippen MR) is 86.7 cm³/mol. The van der Waals surface area contributed by atoms with Crippen molar-refractivity contribution < 1.29 is 14.3 Å². The van der Waals surface area contributed by atoms with Crippen molar-refractivity contribution in [2.75, 3.05) is 18.0 Å². The van der Waals surface area contributed by atoms with Crippen LogP contribution in [0.25, 0.3) is 0 Å². The number of aromatic nitrogens is 3. The quantitative estimate of drug-likeness (QED) is 0.655. The summed E-state index contributed by atoms with van der Waals surface area (Å²) in [5, 5.41) is 2.49. The van der Waals surface area contributed by atoms with Crippen molar-refractivity contribution >= 4 is 23.8 Å². The third-order valence-electron chi connectivity index (χ3n) is 3.24. The number of carbonyl (C=O) groups excluding carboxylic acids is 2. The maximum absolute atomic E-state index is 12.0. The summed E-state index contributed by atoms with van der Waals surface area (Å²) in [7, 11) is 0. The van der Waals surface area contributed by atoms with Gasteiger partial charge in [-0.15, -0.1) is 0 Å². The Labute approximate surface area is 138 Å². The highest BCUT2D eigenvalue weighted by Gasteiger charge is 2.11. The Morgan fingerprint density at radius 2 is 1.75 bits per heavy atom. The molecule has 2 aromatic rings. The third kappa shape index (κ3) is 4.63. The highest BCUT2D eigenvalue weighted by Crippen LogP contribution is 2.09. The van der Waals surface area contributed by atoms with Crippen molar-refractivity contribution in [1.82, 2.24) is 20.3 Å². The van der Waals surface area contributed by atoms with Crippen LogP contribution >= 0.6 is 0 Å². The lowest BCUT2D eigenvalue weighted by atomic mass is 10.1. The van der Waals surface area contributed by atoms with Crippen LogP contribution in [0.15, 0.2) is 18.2 Å². The van der Waals surface area contributed by atoms with Crippen LogP contribution in [0.4, 0.5) is 11.9 Å². The van der Waals surface area contributed by atoms with Crippen LogP contribution in [0.2, 0.25) is 0 Å². The Morgan fingerprint density at radius 1 is 1.08 bits per heavy atom. The zero-order valence-electron chi connectivity index (χ0n) is 13.4. The van der Waals surface area contributed by atoms with Crippen LogP contribution in [-0.4, -0.2) is 33.4 Å².